The predicted octanol–water partition coefficient (Wildman–Crippen LogP) is 3.55. The molecule has 0 spiro atoms. The van der Waals surface area contributed by atoms with E-state index in [9.17, 15) is 14.4 Å². The first-order chi connectivity index (χ1) is 23.2. The predicted molar refractivity (Wildman–Crippen MR) is 175 cm³/mol. The Balaban J connectivity index is 1.21. The summed E-state index contributed by atoms with van der Waals surface area (Å²) >= 11 is 0. The third-order valence-electron chi connectivity index (χ3n) is 8.17. The average molecular weight is 654 g/mol. The van der Waals surface area contributed by atoms with Crippen molar-refractivity contribution in [1.82, 2.24) is 35.3 Å². The van der Waals surface area contributed by atoms with Gasteiger partial charge in [0.15, 0.2) is 0 Å². The average Bonchev–Trinajstić information content (AvgIpc) is 3.59. The van der Waals surface area contributed by atoms with Crippen molar-refractivity contribution >= 4 is 17.7 Å². The summed E-state index contributed by atoms with van der Waals surface area (Å²) in [6, 6.07) is 19.6. The smallest absolute Gasteiger partial charge is 0.254 e. The number of fused-ring (bicyclic) bond motifs is 5. The molecule has 13 heteroatoms. The number of nitrogens with zero attached hydrogens (tertiary/aromatic N) is 6. The van der Waals surface area contributed by atoms with Crippen LogP contribution in [0.1, 0.15) is 52.1 Å². The van der Waals surface area contributed by atoms with Crippen LogP contribution in [0, 0.1) is 5.92 Å². The lowest BCUT2D eigenvalue weighted by Gasteiger charge is -2.39. The Hall–Kier alpha value is -5.30. The number of likely N-dealkylation sites (tertiary alicyclic amines) is 1. The Morgan fingerprint density at radius 1 is 1.06 bits per heavy atom. The van der Waals surface area contributed by atoms with Crippen LogP contribution in [-0.4, -0.2) is 93.2 Å². The second-order valence-corrected chi connectivity index (χ2v) is 12.6. The number of nitrogens with one attached hydrogen (secondary N) is 1. The van der Waals surface area contributed by atoms with Crippen LogP contribution in [0.4, 0.5) is 0 Å². The molecule has 3 amide bonds. The number of carbonyl (C=O) groups excluding carboxylic acids is 3. The minimum Gasteiger partial charge on any atom is -0.493 e. The molecule has 48 heavy (non-hydrogen) atoms. The van der Waals surface area contributed by atoms with Crippen molar-refractivity contribution in [2.75, 3.05) is 33.3 Å². The largest absolute Gasteiger partial charge is 0.493 e. The summed E-state index contributed by atoms with van der Waals surface area (Å²) in [4.78, 5) is 43.5. The van der Waals surface area contributed by atoms with Crippen molar-refractivity contribution in [3.63, 3.8) is 0 Å². The van der Waals surface area contributed by atoms with Gasteiger partial charge in [-0.1, -0.05) is 38.1 Å². The van der Waals surface area contributed by atoms with Gasteiger partial charge in [0.05, 0.1) is 38.4 Å². The number of hydrogen-bond donors (Lipinski definition) is 1. The summed E-state index contributed by atoms with van der Waals surface area (Å²) in [5.74, 6) is 1.02. The zero-order valence-electron chi connectivity index (χ0n) is 27.2. The molecule has 2 atom stereocenters. The number of ether oxygens (including phenoxy) is 3. The fourth-order valence-electron chi connectivity index (χ4n) is 5.71. The molecule has 2 aliphatic rings. The topological polar surface area (TPSA) is 141 Å². The van der Waals surface area contributed by atoms with E-state index < -0.39 is 6.10 Å². The van der Waals surface area contributed by atoms with E-state index in [2.05, 4.69) is 20.8 Å². The van der Waals surface area contributed by atoms with Gasteiger partial charge in [0.25, 0.3) is 11.8 Å². The van der Waals surface area contributed by atoms with Gasteiger partial charge in [-0.25, -0.2) is 4.68 Å². The fourth-order valence-corrected chi connectivity index (χ4v) is 5.71. The van der Waals surface area contributed by atoms with Crippen LogP contribution in [0.5, 0.6) is 17.2 Å². The molecular weight excluding hydrogens is 614 g/mol. The van der Waals surface area contributed by atoms with E-state index in [1.807, 2.05) is 50.2 Å². The van der Waals surface area contributed by atoms with Gasteiger partial charge in [-0.15, -0.1) is 5.10 Å². The molecule has 6 rings (SSSR count). The SMILES string of the molecule is CC(C)COc1cc2cc(c1)C(=O)N(C)CC(=O)N[C@H]1CCN(C(=O)c3ccc(Cn4cnnn4)cc3)C[C@@H]1OCc1cccc(c1)O2. The number of amides is 3. The van der Waals surface area contributed by atoms with E-state index >= 15 is 0 Å². The normalized spacial score (nSPS) is 18.6. The van der Waals surface area contributed by atoms with Crippen LogP contribution in [0.15, 0.2) is 73.1 Å². The molecule has 4 bridgehead atoms. The Bertz CT molecular complexity index is 1740. The van der Waals surface area contributed by atoms with Crippen molar-refractivity contribution in [2.45, 2.75) is 45.6 Å². The highest BCUT2D eigenvalue weighted by atomic mass is 16.5. The van der Waals surface area contributed by atoms with Crippen molar-refractivity contribution < 1.29 is 28.6 Å². The molecule has 1 aromatic heterocycles. The molecular formula is C35H39N7O6. The van der Waals surface area contributed by atoms with Gasteiger partial charge in [-0.05, 0) is 70.3 Å². The van der Waals surface area contributed by atoms with Crippen LogP contribution in [0.2, 0.25) is 0 Å². The Labute approximate surface area is 278 Å². The molecule has 0 aliphatic carbocycles. The molecule has 13 nitrogen and oxygen atoms in total. The molecule has 0 saturated carbocycles. The Morgan fingerprint density at radius 2 is 1.90 bits per heavy atom. The maximum absolute atomic E-state index is 13.6. The van der Waals surface area contributed by atoms with Crippen molar-refractivity contribution in [3.8, 4) is 17.2 Å². The molecule has 2 aliphatic heterocycles. The van der Waals surface area contributed by atoms with E-state index in [-0.39, 0.29) is 49.4 Å². The molecule has 4 aromatic rings. The highest BCUT2D eigenvalue weighted by Crippen LogP contribution is 2.30. The van der Waals surface area contributed by atoms with Crippen LogP contribution in [0.25, 0.3) is 0 Å². The number of piperidine rings is 1. The first-order valence-electron chi connectivity index (χ1n) is 16.0. The number of tetrazole rings is 1. The van der Waals surface area contributed by atoms with E-state index in [0.717, 1.165) is 11.1 Å². The summed E-state index contributed by atoms with van der Waals surface area (Å²) in [5, 5.41) is 14.3. The summed E-state index contributed by atoms with van der Waals surface area (Å²) in [7, 11) is 1.58. The monoisotopic (exact) mass is 653 g/mol. The maximum Gasteiger partial charge on any atom is 0.254 e. The zero-order chi connectivity index (χ0) is 33.6. The second kappa shape index (κ2) is 14.6. The van der Waals surface area contributed by atoms with Gasteiger partial charge >= 0.3 is 0 Å². The lowest BCUT2D eigenvalue weighted by atomic mass is 10.00. The number of likely N-dealkylation sites (N-methyl/N-ethyl adjacent to an activating group) is 1. The molecule has 1 fully saturated rings. The van der Waals surface area contributed by atoms with Crippen LogP contribution in [-0.2, 0) is 22.7 Å². The molecule has 1 N–H and O–H groups in total. The quantitative estimate of drug-likeness (QED) is 0.331. The summed E-state index contributed by atoms with van der Waals surface area (Å²) in [5.41, 5.74) is 2.72. The number of hydrogen-bond acceptors (Lipinski definition) is 9. The highest BCUT2D eigenvalue weighted by Gasteiger charge is 2.34. The lowest BCUT2D eigenvalue weighted by molar-refractivity contribution is -0.124. The van der Waals surface area contributed by atoms with Crippen molar-refractivity contribution in [1.29, 1.82) is 0 Å². The van der Waals surface area contributed by atoms with Gasteiger partial charge in [0.1, 0.15) is 23.6 Å². The summed E-state index contributed by atoms with van der Waals surface area (Å²) in [6.45, 7) is 5.85. The van der Waals surface area contributed by atoms with Crippen LogP contribution >= 0.6 is 0 Å². The van der Waals surface area contributed by atoms with Gasteiger partial charge in [-0.2, -0.15) is 0 Å². The number of aromatic nitrogens is 4. The molecule has 250 valence electrons. The fraction of sp³-hybridized carbons (Fsp3) is 0.371. The van der Waals surface area contributed by atoms with Crippen molar-refractivity contribution in [3.05, 3.63) is 95.3 Å². The van der Waals surface area contributed by atoms with Crippen LogP contribution < -0.4 is 14.8 Å². The lowest BCUT2D eigenvalue weighted by Crippen LogP contribution is -2.57. The molecule has 3 heterocycles. The zero-order valence-corrected chi connectivity index (χ0v) is 27.2. The molecule has 0 unspecified atom stereocenters. The van der Waals surface area contributed by atoms with Crippen LogP contribution in [0.3, 0.4) is 0 Å². The van der Waals surface area contributed by atoms with E-state index in [1.54, 1.807) is 47.0 Å². The van der Waals surface area contributed by atoms with E-state index in [1.165, 1.54) is 11.2 Å². The summed E-state index contributed by atoms with van der Waals surface area (Å²) in [6.07, 6.45) is 1.53. The van der Waals surface area contributed by atoms with Gasteiger partial charge in [0.2, 0.25) is 5.91 Å². The van der Waals surface area contributed by atoms with Gasteiger partial charge < -0.3 is 29.3 Å². The first kappa shape index (κ1) is 32.6. The number of benzene rings is 3. The second-order valence-electron chi connectivity index (χ2n) is 12.6. The van der Waals surface area contributed by atoms with Gasteiger partial charge in [-0.3, -0.25) is 14.4 Å². The van der Waals surface area contributed by atoms with Gasteiger partial charge in [0, 0.05) is 37.3 Å². The minimum atomic E-state index is -0.488. The Morgan fingerprint density at radius 3 is 2.67 bits per heavy atom. The first-order valence-corrected chi connectivity index (χ1v) is 16.0. The molecule has 1 saturated heterocycles. The number of carbonyl (C=O) groups is 3. The maximum atomic E-state index is 13.6. The molecule has 0 radical (unpaired) electrons. The third-order valence-corrected chi connectivity index (χ3v) is 8.17. The Kier molecular flexibility index (Phi) is 9.95. The third kappa shape index (κ3) is 8.15. The molecule has 3 aromatic carbocycles. The minimum absolute atomic E-state index is 0.122. The summed E-state index contributed by atoms with van der Waals surface area (Å²) < 4.78 is 20.2. The standard InChI is InChI=1S/C35H39N7O6/c1-23(2)20-46-29-14-27-15-30(16-29)48-28-6-4-5-25(13-28)21-47-32-18-41(12-11-31(32)37-33(43)19-40(3)34(27)44)35(45)26-9-7-24(8-10-26)17-42-22-36-38-39-42/h4-10,13-16,22-23,31-32H,11-12,17-21H2,1-3H3,(H,37,43)/t31-,32-/m0/s1. The number of rotatable bonds is 6. The highest BCUT2D eigenvalue weighted by molar-refractivity contribution is 5.97. The van der Waals surface area contributed by atoms with Crippen molar-refractivity contribution in [2.24, 2.45) is 5.92 Å². The van der Waals surface area contributed by atoms with E-state index in [0.29, 0.717) is 54.5 Å². The van der Waals surface area contributed by atoms with E-state index in [4.69, 9.17) is 14.2 Å².